The Morgan fingerprint density at radius 3 is 2.33 bits per heavy atom. The molecule has 0 amide bonds. The molecule has 0 saturated carbocycles. The molecule has 0 radical (unpaired) electrons. The third-order valence-corrected chi connectivity index (χ3v) is 8.55. The van der Waals surface area contributed by atoms with E-state index in [0.717, 1.165) is 64.6 Å². The van der Waals surface area contributed by atoms with E-state index in [1.165, 1.54) is 22.7 Å². The van der Waals surface area contributed by atoms with Crippen LogP contribution in [0.5, 0.6) is 0 Å². The molecule has 6 nitrogen and oxygen atoms in total. The standard InChI is InChI=1S/C36H28N6/c1-39-27-11-3-7-15-31(27)41(32-16-8-4-12-28(32)39)35-23-37-21-19-25(35)26-20-22-38-24-36(26)42-33-17-9-5-13-29(33)40(2)30-14-6-10-18-34(30)42/h3-7,9,11-15,17,23-24H,8,16,19,21H2,1-2H3. The van der Waals surface area contributed by atoms with Crippen molar-refractivity contribution < 1.29 is 0 Å². The Labute approximate surface area is 246 Å². The fourth-order valence-electron chi connectivity index (χ4n) is 6.60. The van der Waals surface area contributed by atoms with E-state index in [4.69, 9.17) is 4.99 Å². The highest BCUT2D eigenvalue weighted by Crippen LogP contribution is 2.52. The molecular formula is C36H28N6. The smallest absolute Gasteiger partial charge is 0.122 e. The summed E-state index contributed by atoms with van der Waals surface area (Å²) in [6.07, 6.45) is 14.3. The quantitative estimate of drug-likeness (QED) is 0.266. The number of aliphatic imine (C=N–C) groups is 1. The number of anilines is 7. The number of dihydropyridines is 1. The first kappa shape index (κ1) is 24.3. The van der Waals surface area contributed by atoms with Gasteiger partial charge in [0.15, 0.2) is 0 Å². The van der Waals surface area contributed by atoms with E-state index in [2.05, 4.69) is 130 Å². The predicted octanol–water partition coefficient (Wildman–Crippen LogP) is 7.54. The maximum absolute atomic E-state index is 4.81. The zero-order valence-electron chi connectivity index (χ0n) is 23.6. The second-order valence-corrected chi connectivity index (χ2v) is 10.8. The van der Waals surface area contributed by atoms with Crippen molar-refractivity contribution in [1.29, 1.82) is 0 Å². The average Bonchev–Trinajstić information content (AvgIpc) is 3.06. The number of nitrogens with zero attached hydrogens (tertiary/aromatic N) is 6. The zero-order chi connectivity index (χ0) is 28.2. The van der Waals surface area contributed by atoms with Gasteiger partial charge in [-0.05, 0) is 79.4 Å². The highest BCUT2D eigenvalue weighted by Gasteiger charge is 2.34. The molecule has 6 heteroatoms. The second kappa shape index (κ2) is 9.58. The summed E-state index contributed by atoms with van der Waals surface area (Å²) in [6, 6.07) is 31.1. The lowest BCUT2D eigenvalue weighted by Gasteiger charge is -2.42. The SMILES string of the molecule is CN1C2=C(CCC=C2)N(C2=C(c3c#cncc3N3c4c#cccc4N(C)c4ccccc43)CCN=C2)c2ccccc21. The van der Waals surface area contributed by atoms with Gasteiger partial charge in [-0.2, -0.15) is 0 Å². The first-order valence-corrected chi connectivity index (χ1v) is 14.3. The Hall–Kier alpha value is -5.46. The summed E-state index contributed by atoms with van der Waals surface area (Å²) in [5.41, 5.74) is 13.2. The van der Waals surface area contributed by atoms with Crippen LogP contribution in [0.2, 0.25) is 0 Å². The van der Waals surface area contributed by atoms with Gasteiger partial charge in [0.1, 0.15) is 5.69 Å². The van der Waals surface area contributed by atoms with Crippen LogP contribution in [0.4, 0.5) is 39.8 Å². The normalized spacial score (nSPS) is 16.9. The molecule has 0 unspecified atom stereocenters. The van der Waals surface area contributed by atoms with Crippen LogP contribution in [0.15, 0.2) is 101 Å². The zero-order valence-corrected chi connectivity index (χ0v) is 23.6. The third kappa shape index (κ3) is 3.56. The van der Waals surface area contributed by atoms with Crippen molar-refractivity contribution in [3.8, 4) is 0 Å². The van der Waals surface area contributed by atoms with Gasteiger partial charge in [-0.25, -0.2) is 4.98 Å². The van der Waals surface area contributed by atoms with Gasteiger partial charge < -0.3 is 14.7 Å². The Balaban J connectivity index is 1.37. The van der Waals surface area contributed by atoms with Crippen LogP contribution in [-0.2, 0) is 0 Å². The maximum Gasteiger partial charge on any atom is 0.122 e. The number of allylic oxidation sites excluding steroid dienone is 4. The van der Waals surface area contributed by atoms with Gasteiger partial charge in [0, 0.05) is 38.7 Å². The third-order valence-electron chi connectivity index (χ3n) is 8.55. The molecule has 0 spiro atoms. The molecule has 42 heavy (non-hydrogen) atoms. The molecule has 1 aromatic heterocycles. The topological polar surface area (TPSA) is 38.2 Å². The van der Waals surface area contributed by atoms with Crippen LogP contribution in [0.25, 0.3) is 5.57 Å². The molecule has 8 rings (SSSR count). The lowest BCUT2D eigenvalue weighted by Crippen LogP contribution is -2.36. The lowest BCUT2D eigenvalue weighted by atomic mass is 9.94. The molecule has 3 aromatic carbocycles. The molecule has 0 saturated heterocycles. The van der Waals surface area contributed by atoms with Crippen LogP contribution in [0.1, 0.15) is 24.8 Å². The minimum Gasteiger partial charge on any atom is -0.341 e. The van der Waals surface area contributed by atoms with E-state index in [1.54, 1.807) is 0 Å². The fraction of sp³-hybridized carbons (Fsp3) is 0.167. The van der Waals surface area contributed by atoms with Gasteiger partial charge in [-0.1, -0.05) is 36.4 Å². The number of para-hydroxylation sites is 4. The minimum absolute atomic E-state index is 0.714. The van der Waals surface area contributed by atoms with Crippen molar-refractivity contribution in [2.24, 2.45) is 4.99 Å². The van der Waals surface area contributed by atoms with Crippen molar-refractivity contribution >= 4 is 51.6 Å². The summed E-state index contributed by atoms with van der Waals surface area (Å²) in [7, 11) is 4.25. The van der Waals surface area contributed by atoms with Crippen LogP contribution in [0, 0.1) is 24.4 Å². The van der Waals surface area contributed by atoms with E-state index >= 15 is 0 Å². The number of rotatable bonds is 3. The molecule has 0 bridgehead atoms. The number of fused-ring (bicyclic) bond motifs is 3. The first-order valence-electron chi connectivity index (χ1n) is 14.3. The van der Waals surface area contributed by atoms with Crippen LogP contribution < -0.4 is 19.6 Å². The fourth-order valence-corrected chi connectivity index (χ4v) is 6.60. The molecule has 0 fully saturated rings. The van der Waals surface area contributed by atoms with Gasteiger partial charge >= 0.3 is 0 Å². The summed E-state index contributed by atoms with van der Waals surface area (Å²) in [5.74, 6) is 0. The van der Waals surface area contributed by atoms with Crippen LogP contribution >= 0.6 is 0 Å². The Bertz CT molecular complexity index is 1800. The monoisotopic (exact) mass is 544 g/mol. The Morgan fingerprint density at radius 2 is 1.50 bits per heavy atom. The molecular weight excluding hydrogens is 516 g/mol. The van der Waals surface area contributed by atoms with E-state index < -0.39 is 0 Å². The summed E-state index contributed by atoms with van der Waals surface area (Å²) in [6.45, 7) is 0.714. The van der Waals surface area contributed by atoms with Gasteiger partial charge in [0.25, 0.3) is 0 Å². The number of hydrogen-bond acceptors (Lipinski definition) is 6. The highest BCUT2D eigenvalue weighted by molar-refractivity contribution is 6.04. The molecule has 0 N–H and O–H groups in total. The summed E-state index contributed by atoms with van der Waals surface area (Å²) in [5, 5.41) is 0. The average molecular weight is 545 g/mol. The first-order chi connectivity index (χ1) is 20.7. The Kier molecular flexibility index (Phi) is 5.55. The lowest BCUT2D eigenvalue weighted by molar-refractivity contribution is 0.843. The van der Waals surface area contributed by atoms with E-state index in [1.807, 2.05) is 18.5 Å². The molecule has 202 valence electrons. The maximum atomic E-state index is 4.81. The van der Waals surface area contributed by atoms with Crippen LogP contribution in [-0.4, -0.2) is 31.8 Å². The summed E-state index contributed by atoms with van der Waals surface area (Å²) >= 11 is 0. The van der Waals surface area contributed by atoms with E-state index in [0.29, 0.717) is 6.54 Å². The highest BCUT2D eigenvalue weighted by atomic mass is 15.3. The predicted molar refractivity (Wildman–Crippen MR) is 170 cm³/mol. The number of hydrogen-bond donors (Lipinski definition) is 0. The number of likely N-dealkylation sites (N-methyl/N-ethyl adjacent to an activating group) is 1. The van der Waals surface area contributed by atoms with Crippen molar-refractivity contribution in [3.05, 3.63) is 126 Å². The van der Waals surface area contributed by atoms with E-state index in [-0.39, 0.29) is 0 Å². The van der Waals surface area contributed by atoms with Crippen molar-refractivity contribution in [2.45, 2.75) is 19.3 Å². The summed E-state index contributed by atoms with van der Waals surface area (Å²) in [4.78, 5) is 18.5. The van der Waals surface area contributed by atoms with Crippen LogP contribution in [0.3, 0.4) is 0 Å². The number of benzene rings is 2. The van der Waals surface area contributed by atoms with Crippen molar-refractivity contribution in [3.63, 3.8) is 0 Å². The van der Waals surface area contributed by atoms with Gasteiger partial charge in [-0.3, -0.25) is 9.89 Å². The Morgan fingerprint density at radius 1 is 0.738 bits per heavy atom. The van der Waals surface area contributed by atoms with Crippen molar-refractivity contribution in [2.75, 3.05) is 40.2 Å². The molecule has 1 aliphatic carbocycles. The molecule has 4 aromatic rings. The largest absolute Gasteiger partial charge is 0.341 e. The molecule has 4 heterocycles. The van der Waals surface area contributed by atoms with E-state index in [9.17, 15) is 0 Å². The summed E-state index contributed by atoms with van der Waals surface area (Å²) < 4.78 is 0. The minimum atomic E-state index is 0.714. The molecule has 4 aliphatic rings. The molecule has 3 aliphatic heterocycles. The van der Waals surface area contributed by atoms with Gasteiger partial charge in [-0.15, -0.1) is 0 Å². The second-order valence-electron chi connectivity index (χ2n) is 10.8. The molecule has 0 atom stereocenters. The number of aromatic nitrogens is 1. The van der Waals surface area contributed by atoms with Crippen molar-refractivity contribution in [1.82, 2.24) is 4.98 Å². The van der Waals surface area contributed by atoms with Gasteiger partial charge in [0.2, 0.25) is 0 Å². The van der Waals surface area contributed by atoms with Gasteiger partial charge in [0.05, 0.1) is 57.3 Å².